The van der Waals surface area contributed by atoms with Crippen LogP contribution in [0.25, 0.3) is 17.1 Å². The van der Waals surface area contributed by atoms with Gasteiger partial charge in [-0.3, -0.25) is 9.89 Å². The molecule has 0 saturated heterocycles. The highest BCUT2D eigenvalue weighted by Crippen LogP contribution is 2.15. The SMILES string of the molecule is Cc1cc(-n2[nH]c(-c3ccccc3)cc2=O)nc(C)n1. The Hall–Kier alpha value is -2.69. The molecule has 0 radical (unpaired) electrons. The predicted molar refractivity (Wildman–Crippen MR) is 76.9 cm³/mol. The number of H-pyrrole nitrogens is 1. The van der Waals surface area contributed by atoms with Gasteiger partial charge in [0.15, 0.2) is 5.82 Å². The Morgan fingerprint density at radius 2 is 1.80 bits per heavy atom. The lowest BCUT2D eigenvalue weighted by Crippen LogP contribution is -2.16. The standard InChI is InChI=1S/C15H14N4O/c1-10-8-14(17-11(2)16-10)19-15(20)9-13(18-19)12-6-4-3-5-7-12/h3-9,18H,1-2H3. The number of nitrogens with one attached hydrogen (secondary N) is 1. The summed E-state index contributed by atoms with van der Waals surface area (Å²) in [5.41, 5.74) is 2.42. The van der Waals surface area contributed by atoms with E-state index in [9.17, 15) is 4.79 Å². The van der Waals surface area contributed by atoms with Crippen LogP contribution < -0.4 is 5.56 Å². The van der Waals surface area contributed by atoms with Crippen LogP contribution in [0.2, 0.25) is 0 Å². The molecule has 1 aromatic carbocycles. The molecule has 5 heteroatoms. The van der Waals surface area contributed by atoms with E-state index in [0.29, 0.717) is 11.6 Å². The van der Waals surface area contributed by atoms with Crippen molar-refractivity contribution < 1.29 is 0 Å². The van der Waals surface area contributed by atoms with Crippen LogP contribution in [0.1, 0.15) is 11.5 Å². The summed E-state index contributed by atoms with van der Waals surface area (Å²) in [6.07, 6.45) is 0. The molecule has 0 bridgehead atoms. The molecule has 0 saturated carbocycles. The highest BCUT2D eigenvalue weighted by molar-refractivity contribution is 5.58. The number of benzene rings is 1. The lowest BCUT2D eigenvalue weighted by atomic mass is 10.2. The molecule has 0 spiro atoms. The average molecular weight is 266 g/mol. The third-order valence-electron chi connectivity index (χ3n) is 2.99. The third-order valence-corrected chi connectivity index (χ3v) is 2.99. The molecule has 0 fully saturated rings. The smallest absolute Gasteiger partial charge is 0.273 e. The van der Waals surface area contributed by atoms with Crippen molar-refractivity contribution in [2.45, 2.75) is 13.8 Å². The minimum absolute atomic E-state index is 0.138. The number of hydrogen-bond donors (Lipinski definition) is 1. The Morgan fingerprint density at radius 3 is 2.50 bits per heavy atom. The molecule has 5 nitrogen and oxygen atoms in total. The van der Waals surface area contributed by atoms with Gasteiger partial charge in [0.05, 0.1) is 5.69 Å². The van der Waals surface area contributed by atoms with Gasteiger partial charge in [-0.1, -0.05) is 30.3 Å². The first-order chi connectivity index (χ1) is 9.63. The molecule has 2 aromatic heterocycles. The van der Waals surface area contributed by atoms with E-state index in [4.69, 9.17) is 0 Å². The zero-order chi connectivity index (χ0) is 14.1. The van der Waals surface area contributed by atoms with Crippen molar-refractivity contribution >= 4 is 0 Å². The van der Waals surface area contributed by atoms with Crippen molar-refractivity contribution in [3.8, 4) is 17.1 Å². The fourth-order valence-electron chi connectivity index (χ4n) is 2.14. The zero-order valence-electron chi connectivity index (χ0n) is 11.3. The first-order valence-corrected chi connectivity index (χ1v) is 6.33. The van der Waals surface area contributed by atoms with Crippen molar-refractivity contribution in [3.63, 3.8) is 0 Å². The highest BCUT2D eigenvalue weighted by Gasteiger charge is 2.08. The van der Waals surface area contributed by atoms with Crippen LogP contribution in [0.3, 0.4) is 0 Å². The van der Waals surface area contributed by atoms with Gasteiger partial charge in [0.2, 0.25) is 0 Å². The summed E-state index contributed by atoms with van der Waals surface area (Å²) in [7, 11) is 0. The summed E-state index contributed by atoms with van der Waals surface area (Å²) >= 11 is 0. The molecule has 0 amide bonds. The average Bonchev–Trinajstić information content (AvgIpc) is 2.81. The molecule has 0 atom stereocenters. The lowest BCUT2D eigenvalue weighted by molar-refractivity contribution is 0.801. The molecular weight excluding hydrogens is 252 g/mol. The Balaban J connectivity index is 2.12. The van der Waals surface area contributed by atoms with Gasteiger partial charge in [-0.05, 0) is 19.4 Å². The van der Waals surface area contributed by atoms with Gasteiger partial charge in [0.25, 0.3) is 5.56 Å². The van der Waals surface area contributed by atoms with Gasteiger partial charge in [0, 0.05) is 17.8 Å². The normalized spacial score (nSPS) is 10.7. The van der Waals surface area contributed by atoms with Crippen LogP contribution in [0.5, 0.6) is 0 Å². The van der Waals surface area contributed by atoms with E-state index < -0.39 is 0 Å². The molecule has 0 unspecified atom stereocenters. The summed E-state index contributed by atoms with van der Waals surface area (Å²) < 4.78 is 1.43. The lowest BCUT2D eigenvalue weighted by Gasteiger charge is -2.03. The van der Waals surface area contributed by atoms with Gasteiger partial charge in [-0.25, -0.2) is 14.6 Å². The van der Waals surface area contributed by atoms with Crippen molar-refractivity contribution in [3.05, 3.63) is 64.3 Å². The summed E-state index contributed by atoms with van der Waals surface area (Å²) in [5, 5.41) is 3.08. The summed E-state index contributed by atoms with van der Waals surface area (Å²) in [6.45, 7) is 3.69. The Bertz CT molecular complexity index is 782. The second-order valence-corrected chi connectivity index (χ2v) is 4.62. The Morgan fingerprint density at radius 1 is 1.05 bits per heavy atom. The number of nitrogens with zero attached hydrogens (tertiary/aromatic N) is 3. The van der Waals surface area contributed by atoms with Crippen molar-refractivity contribution in [2.75, 3.05) is 0 Å². The van der Waals surface area contributed by atoms with Gasteiger partial charge in [0.1, 0.15) is 5.82 Å². The van der Waals surface area contributed by atoms with Crippen LogP contribution in [-0.4, -0.2) is 19.7 Å². The third kappa shape index (κ3) is 2.25. The van der Waals surface area contributed by atoms with Crippen molar-refractivity contribution in [1.82, 2.24) is 19.7 Å². The predicted octanol–water partition coefficient (Wildman–Crippen LogP) is 2.24. The summed E-state index contributed by atoms with van der Waals surface area (Å²) in [5.74, 6) is 1.20. The quantitative estimate of drug-likeness (QED) is 0.773. The monoisotopic (exact) mass is 266 g/mol. The second kappa shape index (κ2) is 4.77. The topological polar surface area (TPSA) is 63.6 Å². The van der Waals surface area contributed by atoms with Gasteiger partial charge in [-0.15, -0.1) is 0 Å². The van der Waals surface area contributed by atoms with Gasteiger partial charge < -0.3 is 0 Å². The van der Waals surface area contributed by atoms with Crippen LogP contribution in [-0.2, 0) is 0 Å². The molecule has 100 valence electrons. The highest BCUT2D eigenvalue weighted by atomic mass is 16.1. The Kier molecular flexibility index (Phi) is 2.95. The summed E-state index contributed by atoms with van der Waals surface area (Å²) in [6, 6.07) is 13.1. The molecule has 3 rings (SSSR count). The molecule has 0 aliphatic rings. The van der Waals surface area contributed by atoms with E-state index in [1.54, 1.807) is 12.1 Å². The number of rotatable bonds is 2. The number of aromatic amines is 1. The first kappa shape index (κ1) is 12.3. The van der Waals surface area contributed by atoms with Crippen LogP contribution in [0, 0.1) is 13.8 Å². The van der Waals surface area contributed by atoms with Crippen LogP contribution in [0.15, 0.2) is 47.3 Å². The first-order valence-electron chi connectivity index (χ1n) is 6.33. The minimum Gasteiger partial charge on any atom is -0.289 e. The van der Waals surface area contributed by atoms with E-state index in [1.807, 2.05) is 44.2 Å². The molecule has 3 aromatic rings. The largest absolute Gasteiger partial charge is 0.289 e. The molecule has 20 heavy (non-hydrogen) atoms. The van der Waals surface area contributed by atoms with E-state index in [-0.39, 0.29) is 5.56 Å². The summed E-state index contributed by atoms with van der Waals surface area (Å²) in [4.78, 5) is 20.6. The molecule has 2 heterocycles. The number of aryl methyl sites for hydroxylation is 2. The van der Waals surface area contributed by atoms with E-state index in [2.05, 4.69) is 15.1 Å². The molecule has 1 N–H and O–H groups in total. The molecular formula is C15H14N4O. The van der Waals surface area contributed by atoms with Crippen LogP contribution >= 0.6 is 0 Å². The maximum absolute atomic E-state index is 12.1. The van der Waals surface area contributed by atoms with Gasteiger partial charge in [-0.2, -0.15) is 0 Å². The zero-order valence-corrected chi connectivity index (χ0v) is 11.3. The van der Waals surface area contributed by atoms with Gasteiger partial charge >= 0.3 is 0 Å². The molecule has 0 aliphatic carbocycles. The fourth-order valence-corrected chi connectivity index (χ4v) is 2.14. The van der Waals surface area contributed by atoms with Crippen molar-refractivity contribution in [1.29, 1.82) is 0 Å². The van der Waals surface area contributed by atoms with E-state index in [1.165, 1.54) is 4.68 Å². The minimum atomic E-state index is -0.138. The van der Waals surface area contributed by atoms with Crippen molar-refractivity contribution in [2.24, 2.45) is 0 Å². The second-order valence-electron chi connectivity index (χ2n) is 4.62. The van der Waals surface area contributed by atoms with Crippen LogP contribution in [0.4, 0.5) is 0 Å². The van der Waals surface area contributed by atoms with E-state index >= 15 is 0 Å². The Labute approximate surface area is 115 Å². The number of aromatic nitrogens is 4. The maximum Gasteiger partial charge on any atom is 0.273 e. The fraction of sp³-hybridized carbons (Fsp3) is 0.133. The van der Waals surface area contributed by atoms with E-state index in [0.717, 1.165) is 17.0 Å². The number of hydrogen-bond acceptors (Lipinski definition) is 3. The molecule has 0 aliphatic heterocycles. The maximum atomic E-state index is 12.1.